The Morgan fingerprint density at radius 3 is 2.78 bits per heavy atom. The quantitative estimate of drug-likeness (QED) is 0.627. The molecule has 23 heavy (non-hydrogen) atoms. The van der Waals surface area contributed by atoms with Gasteiger partial charge in [0.05, 0.1) is 24.8 Å². The van der Waals surface area contributed by atoms with Gasteiger partial charge >= 0.3 is 0 Å². The number of primary amides is 1. The van der Waals surface area contributed by atoms with Crippen LogP contribution in [-0.4, -0.2) is 61.1 Å². The number of nitrogens with two attached hydrogens (primary N) is 1. The van der Waals surface area contributed by atoms with Gasteiger partial charge in [-0.05, 0) is 12.1 Å². The molecular weight excluding hydrogens is 304 g/mol. The van der Waals surface area contributed by atoms with Crippen molar-refractivity contribution in [2.75, 3.05) is 19.8 Å². The fourth-order valence-electron chi connectivity index (χ4n) is 2.79. The van der Waals surface area contributed by atoms with E-state index >= 15 is 0 Å². The number of rotatable bonds is 5. The van der Waals surface area contributed by atoms with E-state index in [2.05, 4.69) is 5.32 Å². The first-order chi connectivity index (χ1) is 11.1. The van der Waals surface area contributed by atoms with E-state index in [9.17, 15) is 14.7 Å². The maximum atomic E-state index is 12.0. The molecule has 0 aromatic heterocycles. The van der Waals surface area contributed by atoms with E-state index in [0.717, 1.165) is 0 Å². The summed E-state index contributed by atoms with van der Waals surface area (Å²) in [6.07, 6.45) is -1.43. The van der Waals surface area contributed by atoms with Gasteiger partial charge in [0.1, 0.15) is 24.1 Å². The lowest BCUT2D eigenvalue weighted by Gasteiger charge is -2.17. The Hall–Kier alpha value is -2.16. The van der Waals surface area contributed by atoms with Gasteiger partial charge in [-0.2, -0.15) is 0 Å². The molecule has 0 unspecified atom stereocenters. The molecule has 2 aliphatic rings. The van der Waals surface area contributed by atoms with Crippen LogP contribution in [0.25, 0.3) is 0 Å². The minimum atomic E-state index is -0.666. The number of para-hydroxylation sites is 1. The van der Waals surface area contributed by atoms with Crippen molar-refractivity contribution >= 4 is 11.8 Å². The van der Waals surface area contributed by atoms with Crippen molar-refractivity contribution in [3.8, 4) is 5.75 Å². The molecule has 2 aliphatic heterocycles. The highest BCUT2D eigenvalue weighted by Gasteiger charge is 2.47. The Balaban J connectivity index is 1.54. The summed E-state index contributed by atoms with van der Waals surface area (Å²) in [6.45, 7) is 0.209. The Bertz CT molecular complexity index is 607. The Kier molecular flexibility index (Phi) is 4.46. The number of fused-ring (bicyclic) bond motifs is 1. The molecule has 8 nitrogen and oxygen atoms in total. The van der Waals surface area contributed by atoms with Gasteiger partial charge in [0.15, 0.2) is 6.61 Å². The minimum Gasteiger partial charge on any atom is -0.483 e. The Morgan fingerprint density at radius 1 is 1.26 bits per heavy atom. The second-order valence-electron chi connectivity index (χ2n) is 5.49. The molecule has 0 saturated carbocycles. The number of amides is 2. The van der Waals surface area contributed by atoms with Crippen LogP contribution >= 0.6 is 0 Å². The first kappa shape index (κ1) is 15.7. The Labute approximate surface area is 132 Å². The van der Waals surface area contributed by atoms with E-state index < -0.39 is 18.1 Å². The number of hydrogen-bond donors (Lipinski definition) is 3. The van der Waals surface area contributed by atoms with Gasteiger partial charge in [-0.1, -0.05) is 12.1 Å². The van der Waals surface area contributed by atoms with Crippen LogP contribution in [0.1, 0.15) is 10.4 Å². The number of aliphatic hydroxyl groups is 1. The van der Waals surface area contributed by atoms with Crippen molar-refractivity contribution in [1.29, 1.82) is 0 Å². The molecule has 1 aromatic carbocycles. The summed E-state index contributed by atoms with van der Waals surface area (Å²) in [4.78, 5) is 23.3. The fourth-order valence-corrected chi connectivity index (χ4v) is 2.79. The summed E-state index contributed by atoms with van der Waals surface area (Å²) in [5.74, 6) is -0.742. The molecule has 0 spiro atoms. The lowest BCUT2D eigenvalue weighted by atomic mass is 10.1. The summed E-state index contributed by atoms with van der Waals surface area (Å²) < 4.78 is 16.2. The summed E-state index contributed by atoms with van der Waals surface area (Å²) in [6, 6.07) is 6.10. The third-order valence-corrected chi connectivity index (χ3v) is 3.88. The highest BCUT2D eigenvalue weighted by molar-refractivity contribution is 5.95. The Morgan fingerprint density at radius 2 is 2.00 bits per heavy atom. The van der Waals surface area contributed by atoms with Crippen LogP contribution < -0.4 is 15.8 Å². The van der Waals surface area contributed by atoms with Crippen molar-refractivity contribution in [2.24, 2.45) is 5.73 Å². The molecule has 4 atom stereocenters. The molecule has 2 saturated heterocycles. The van der Waals surface area contributed by atoms with Crippen LogP contribution in [0.5, 0.6) is 5.75 Å². The fraction of sp³-hybridized carbons (Fsp3) is 0.467. The zero-order chi connectivity index (χ0) is 16.4. The predicted octanol–water partition coefficient (Wildman–Crippen LogP) is -1.19. The number of ether oxygens (including phenoxy) is 3. The van der Waals surface area contributed by atoms with E-state index in [4.69, 9.17) is 19.9 Å². The van der Waals surface area contributed by atoms with Gasteiger partial charge in [0, 0.05) is 0 Å². The second-order valence-corrected chi connectivity index (χ2v) is 5.49. The number of carbonyl (C=O) groups is 2. The molecule has 0 bridgehead atoms. The number of nitrogens with one attached hydrogen (secondary N) is 1. The maximum absolute atomic E-state index is 12.0. The number of benzene rings is 1. The van der Waals surface area contributed by atoms with E-state index in [-0.39, 0.29) is 49.2 Å². The van der Waals surface area contributed by atoms with Gasteiger partial charge in [-0.15, -0.1) is 0 Å². The van der Waals surface area contributed by atoms with Crippen LogP contribution in [-0.2, 0) is 14.3 Å². The van der Waals surface area contributed by atoms with E-state index in [1.807, 2.05) is 0 Å². The average molecular weight is 322 g/mol. The smallest absolute Gasteiger partial charge is 0.258 e. The third-order valence-electron chi connectivity index (χ3n) is 3.88. The third kappa shape index (κ3) is 3.29. The van der Waals surface area contributed by atoms with Crippen molar-refractivity contribution in [1.82, 2.24) is 5.32 Å². The monoisotopic (exact) mass is 322 g/mol. The second kappa shape index (κ2) is 6.53. The average Bonchev–Trinajstić information content (AvgIpc) is 3.09. The predicted molar refractivity (Wildman–Crippen MR) is 77.9 cm³/mol. The summed E-state index contributed by atoms with van der Waals surface area (Å²) in [5, 5.41) is 12.4. The van der Waals surface area contributed by atoms with Crippen LogP contribution in [0.15, 0.2) is 24.3 Å². The number of aliphatic hydroxyl groups excluding tert-OH is 1. The number of carbonyl (C=O) groups excluding carboxylic acids is 2. The zero-order valence-electron chi connectivity index (χ0n) is 12.3. The van der Waals surface area contributed by atoms with Crippen LogP contribution in [0.4, 0.5) is 0 Å². The van der Waals surface area contributed by atoms with Gasteiger partial charge in [-0.3, -0.25) is 9.59 Å². The van der Waals surface area contributed by atoms with Crippen molar-refractivity contribution < 1.29 is 28.9 Å². The molecule has 1 aromatic rings. The molecule has 4 N–H and O–H groups in total. The summed E-state index contributed by atoms with van der Waals surface area (Å²) in [7, 11) is 0. The maximum Gasteiger partial charge on any atom is 0.258 e. The molecule has 8 heteroatoms. The molecule has 0 aliphatic carbocycles. The minimum absolute atomic E-state index is 0.199. The molecule has 2 amide bonds. The van der Waals surface area contributed by atoms with E-state index in [1.165, 1.54) is 6.07 Å². The van der Waals surface area contributed by atoms with Crippen LogP contribution in [0.3, 0.4) is 0 Å². The van der Waals surface area contributed by atoms with E-state index in [1.54, 1.807) is 18.2 Å². The molecule has 124 valence electrons. The lowest BCUT2D eigenvalue weighted by Crippen LogP contribution is -2.45. The topological polar surface area (TPSA) is 120 Å². The SMILES string of the molecule is NC(=O)c1ccccc1OCC(=O)N[C@@H]1CO[C@H]2[C@@H]1OC[C@H]2O. The van der Waals surface area contributed by atoms with E-state index in [0.29, 0.717) is 0 Å². The highest BCUT2D eigenvalue weighted by Crippen LogP contribution is 2.26. The molecule has 2 heterocycles. The number of hydrogen-bond acceptors (Lipinski definition) is 6. The summed E-state index contributed by atoms with van der Waals surface area (Å²) >= 11 is 0. The largest absolute Gasteiger partial charge is 0.483 e. The first-order valence-corrected chi connectivity index (χ1v) is 7.28. The lowest BCUT2D eigenvalue weighted by molar-refractivity contribution is -0.124. The van der Waals surface area contributed by atoms with Gasteiger partial charge in [0.25, 0.3) is 11.8 Å². The van der Waals surface area contributed by atoms with Crippen LogP contribution in [0, 0.1) is 0 Å². The van der Waals surface area contributed by atoms with Crippen molar-refractivity contribution in [2.45, 2.75) is 24.4 Å². The van der Waals surface area contributed by atoms with Gasteiger partial charge in [0.2, 0.25) is 0 Å². The molecule has 3 rings (SSSR count). The molecular formula is C15H18N2O6. The van der Waals surface area contributed by atoms with Crippen LogP contribution in [0.2, 0.25) is 0 Å². The normalized spacial score (nSPS) is 29.1. The van der Waals surface area contributed by atoms with Crippen molar-refractivity contribution in [3.63, 3.8) is 0 Å². The zero-order valence-corrected chi connectivity index (χ0v) is 12.3. The summed E-state index contributed by atoms with van der Waals surface area (Å²) in [5.41, 5.74) is 5.46. The molecule has 0 radical (unpaired) electrons. The molecule has 2 fully saturated rings. The van der Waals surface area contributed by atoms with Crippen molar-refractivity contribution in [3.05, 3.63) is 29.8 Å². The standard InChI is InChI=1S/C15H18N2O6/c16-15(20)8-3-1-2-4-11(8)21-7-12(19)17-9-5-22-14-10(18)6-23-13(9)14/h1-4,9-10,13-14,18H,5-7H2,(H2,16,20)(H,17,19)/t9-,10-,13-,14-/m1/s1. The van der Waals surface area contributed by atoms with Gasteiger partial charge in [-0.25, -0.2) is 0 Å². The first-order valence-electron chi connectivity index (χ1n) is 7.28. The highest BCUT2D eigenvalue weighted by atomic mass is 16.6. The van der Waals surface area contributed by atoms with Gasteiger partial charge < -0.3 is 30.4 Å².